The van der Waals surface area contributed by atoms with E-state index in [-0.39, 0.29) is 24.3 Å². The molecule has 0 aliphatic carbocycles. The first-order valence-corrected chi connectivity index (χ1v) is 7.78. The number of H-pyrrole nitrogens is 1. The summed E-state index contributed by atoms with van der Waals surface area (Å²) in [5.41, 5.74) is 1.99. The summed E-state index contributed by atoms with van der Waals surface area (Å²) in [6, 6.07) is 7.62. The van der Waals surface area contributed by atoms with E-state index in [1.54, 1.807) is 11.5 Å². The van der Waals surface area contributed by atoms with Crippen LogP contribution in [-0.4, -0.2) is 32.5 Å². The van der Waals surface area contributed by atoms with E-state index in [9.17, 15) is 9.59 Å². The highest BCUT2D eigenvalue weighted by atomic mass is 32.1. The topological polar surface area (TPSA) is 79.8 Å². The van der Waals surface area contributed by atoms with Crippen molar-refractivity contribution in [2.75, 3.05) is 0 Å². The number of aromatic amines is 1. The minimum Gasteiger partial charge on any atom is -0.352 e. The van der Waals surface area contributed by atoms with E-state index < -0.39 is 0 Å². The minimum atomic E-state index is -0.205. The number of nitrogens with one attached hydrogen (secondary N) is 2. The van der Waals surface area contributed by atoms with Gasteiger partial charge in [0.1, 0.15) is 12.3 Å². The minimum absolute atomic E-state index is 0.0400. The molecule has 1 atom stereocenters. The monoisotopic (exact) mass is 332 g/mol. The SMILES string of the molecule is CC(=O)CC(C)NC(=O)Cn1c(-c2cccc(C)c2)n[nH]c1=S. The first-order valence-electron chi connectivity index (χ1n) is 7.38. The summed E-state index contributed by atoms with van der Waals surface area (Å²) in [7, 11) is 0. The van der Waals surface area contributed by atoms with E-state index in [2.05, 4.69) is 15.5 Å². The summed E-state index contributed by atoms with van der Waals surface area (Å²) < 4.78 is 2.04. The highest BCUT2D eigenvalue weighted by molar-refractivity contribution is 7.71. The van der Waals surface area contributed by atoms with Crippen LogP contribution in [0.4, 0.5) is 0 Å². The Labute approximate surface area is 139 Å². The normalized spacial score (nSPS) is 12.0. The summed E-state index contributed by atoms with van der Waals surface area (Å²) in [5.74, 6) is 0.455. The molecule has 23 heavy (non-hydrogen) atoms. The lowest BCUT2D eigenvalue weighted by atomic mass is 10.1. The summed E-state index contributed by atoms with van der Waals surface area (Å²) in [6.07, 6.45) is 0.313. The van der Waals surface area contributed by atoms with Gasteiger partial charge in [0.15, 0.2) is 10.6 Å². The predicted octanol–water partition coefficient (Wildman–Crippen LogP) is 2.40. The molecule has 0 fully saturated rings. The van der Waals surface area contributed by atoms with Crippen molar-refractivity contribution in [1.29, 1.82) is 0 Å². The van der Waals surface area contributed by atoms with Crippen molar-refractivity contribution in [3.8, 4) is 11.4 Å². The van der Waals surface area contributed by atoms with Gasteiger partial charge < -0.3 is 5.32 Å². The molecule has 6 nitrogen and oxygen atoms in total. The van der Waals surface area contributed by atoms with Crippen LogP contribution in [-0.2, 0) is 16.1 Å². The average Bonchev–Trinajstić information content (AvgIpc) is 2.79. The molecule has 1 amide bonds. The second-order valence-corrected chi connectivity index (χ2v) is 6.07. The number of aromatic nitrogens is 3. The maximum Gasteiger partial charge on any atom is 0.240 e. The molecule has 1 heterocycles. The number of carbonyl (C=O) groups excluding carboxylic acids is 2. The lowest BCUT2D eigenvalue weighted by molar-refractivity contribution is -0.122. The van der Waals surface area contributed by atoms with Gasteiger partial charge >= 0.3 is 0 Å². The van der Waals surface area contributed by atoms with E-state index in [1.165, 1.54) is 6.92 Å². The summed E-state index contributed by atoms with van der Waals surface area (Å²) >= 11 is 5.22. The van der Waals surface area contributed by atoms with Crippen molar-refractivity contribution in [2.24, 2.45) is 0 Å². The summed E-state index contributed by atoms with van der Waals surface area (Å²) in [4.78, 5) is 23.3. The van der Waals surface area contributed by atoms with Crippen LogP contribution in [0.2, 0.25) is 0 Å². The number of amides is 1. The molecule has 0 saturated heterocycles. The fourth-order valence-corrected chi connectivity index (χ4v) is 2.61. The Morgan fingerprint density at radius 2 is 2.17 bits per heavy atom. The maximum absolute atomic E-state index is 12.2. The van der Waals surface area contributed by atoms with E-state index in [0.29, 0.717) is 17.0 Å². The molecular weight excluding hydrogens is 312 g/mol. The highest BCUT2D eigenvalue weighted by Gasteiger charge is 2.14. The number of rotatable bonds is 6. The van der Waals surface area contributed by atoms with Gasteiger partial charge in [-0.1, -0.05) is 23.8 Å². The molecule has 1 aromatic carbocycles. The number of Topliss-reactive ketones (excluding diaryl/α,β-unsaturated/α-hetero) is 1. The number of aryl methyl sites for hydroxylation is 1. The first kappa shape index (κ1) is 17.1. The van der Waals surface area contributed by atoms with Gasteiger partial charge in [-0.2, -0.15) is 5.10 Å². The van der Waals surface area contributed by atoms with Gasteiger partial charge in [-0.3, -0.25) is 19.3 Å². The fourth-order valence-electron chi connectivity index (χ4n) is 2.42. The molecule has 0 saturated carbocycles. The zero-order valence-electron chi connectivity index (χ0n) is 13.4. The molecule has 1 aromatic heterocycles. The molecule has 2 aromatic rings. The van der Waals surface area contributed by atoms with E-state index in [1.807, 2.05) is 31.2 Å². The first-order chi connectivity index (χ1) is 10.9. The summed E-state index contributed by atoms with van der Waals surface area (Å²) in [6.45, 7) is 5.35. The molecule has 7 heteroatoms. The van der Waals surface area contributed by atoms with Crippen LogP contribution in [0.25, 0.3) is 11.4 Å². The molecule has 2 N–H and O–H groups in total. The van der Waals surface area contributed by atoms with Crippen LogP contribution in [0.1, 0.15) is 25.8 Å². The Morgan fingerprint density at radius 1 is 1.43 bits per heavy atom. The quantitative estimate of drug-likeness (QED) is 0.796. The predicted molar refractivity (Wildman–Crippen MR) is 90.5 cm³/mol. The van der Waals surface area contributed by atoms with Crippen molar-refractivity contribution >= 4 is 23.9 Å². The van der Waals surface area contributed by atoms with Gasteiger partial charge in [0.05, 0.1) is 0 Å². The second-order valence-electron chi connectivity index (χ2n) is 5.68. The van der Waals surface area contributed by atoms with E-state index in [4.69, 9.17) is 12.2 Å². The Kier molecular flexibility index (Phi) is 5.44. The number of hydrogen-bond donors (Lipinski definition) is 2. The lowest BCUT2D eigenvalue weighted by Gasteiger charge is -2.13. The largest absolute Gasteiger partial charge is 0.352 e. The van der Waals surface area contributed by atoms with Gasteiger partial charge in [0.2, 0.25) is 5.91 Å². The van der Waals surface area contributed by atoms with Gasteiger partial charge in [-0.05, 0) is 39.1 Å². The average molecular weight is 332 g/mol. The number of benzene rings is 1. The third-order valence-electron chi connectivity index (χ3n) is 3.34. The molecular formula is C16H20N4O2S. The van der Waals surface area contributed by atoms with Gasteiger partial charge in [-0.15, -0.1) is 0 Å². The Balaban J connectivity index is 2.18. The van der Waals surface area contributed by atoms with Crippen molar-refractivity contribution in [2.45, 2.75) is 39.8 Å². The van der Waals surface area contributed by atoms with E-state index >= 15 is 0 Å². The Hall–Kier alpha value is -2.28. The molecule has 1 unspecified atom stereocenters. The lowest BCUT2D eigenvalue weighted by Crippen LogP contribution is -2.36. The second kappa shape index (κ2) is 7.32. The zero-order chi connectivity index (χ0) is 17.0. The molecule has 2 rings (SSSR count). The van der Waals surface area contributed by atoms with Crippen molar-refractivity contribution in [3.05, 3.63) is 34.6 Å². The van der Waals surface area contributed by atoms with Crippen molar-refractivity contribution in [1.82, 2.24) is 20.1 Å². The molecule has 0 spiro atoms. The van der Waals surface area contributed by atoms with Crippen LogP contribution < -0.4 is 5.32 Å². The standard InChI is InChI=1S/C16H20N4O2S/c1-10-5-4-6-13(7-10)15-18-19-16(23)20(15)9-14(22)17-11(2)8-12(3)21/h4-7,11H,8-9H2,1-3H3,(H,17,22)(H,19,23). The third-order valence-corrected chi connectivity index (χ3v) is 3.65. The molecule has 0 radical (unpaired) electrons. The van der Waals surface area contributed by atoms with Gasteiger partial charge in [-0.25, -0.2) is 0 Å². The zero-order valence-corrected chi connectivity index (χ0v) is 14.2. The number of nitrogens with zero attached hydrogens (tertiary/aromatic N) is 2. The van der Waals surface area contributed by atoms with Crippen LogP contribution in [0.15, 0.2) is 24.3 Å². The summed E-state index contributed by atoms with van der Waals surface area (Å²) in [5, 5.41) is 9.75. The molecule has 0 aliphatic rings. The van der Waals surface area contributed by atoms with Crippen LogP contribution in [0.3, 0.4) is 0 Å². The van der Waals surface area contributed by atoms with Crippen molar-refractivity contribution < 1.29 is 9.59 Å². The van der Waals surface area contributed by atoms with Crippen LogP contribution in [0.5, 0.6) is 0 Å². The highest BCUT2D eigenvalue weighted by Crippen LogP contribution is 2.18. The molecule has 122 valence electrons. The fraction of sp³-hybridized carbons (Fsp3) is 0.375. The van der Waals surface area contributed by atoms with Crippen molar-refractivity contribution in [3.63, 3.8) is 0 Å². The maximum atomic E-state index is 12.2. The van der Waals surface area contributed by atoms with Crippen LogP contribution in [0, 0.1) is 11.7 Å². The number of carbonyl (C=O) groups is 2. The van der Waals surface area contributed by atoms with Gasteiger partial charge in [0.25, 0.3) is 0 Å². The number of ketones is 1. The smallest absolute Gasteiger partial charge is 0.240 e. The Morgan fingerprint density at radius 3 is 2.83 bits per heavy atom. The third kappa shape index (κ3) is 4.59. The van der Waals surface area contributed by atoms with E-state index in [0.717, 1.165) is 11.1 Å². The van der Waals surface area contributed by atoms with Gasteiger partial charge in [0, 0.05) is 18.0 Å². The number of hydrogen-bond acceptors (Lipinski definition) is 4. The molecule has 0 bridgehead atoms. The van der Waals surface area contributed by atoms with Crippen LogP contribution >= 0.6 is 12.2 Å². The Bertz CT molecular complexity index is 778. The molecule has 0 aliphatic heterocycles.